The largest absolute Gasteiger partial charge is 0.385 e. The Hall–Kier alpha value is -1.22. The molecular weight excluding hydrogens is 154 g/mol. The Labute approximate surface area is 71.1 Å². The van der Waals surface area contributed by atoms with Crippen molar-refractivity contribution in [2.75, 3.05) is 0 Å². The third kappa shape index (κ3) is 1.89. The van der Waals surface area contributed by atoms with Gasteiger partial charge in [0.15, 0.2) is 5.78 Å². The maximum Gasteiger partial charge on any atom is 0.192 e. The highest BCUT2D eigenvalue weighted by atomic mass is 16.3. The van der Waals surface area contributed by atoms with Crippen LogP contribution in [-0.4, -0.2) is 22.0 Å². The Kier molecular flexibility index (Phi) is 2.55. The van der Waals surface area contributed by atoms with E-state index in [1.807, 2.05) is 6.92 Å². The molecule has 0 aliphatic carbocycles. The molecule has 1 unspecified atom stereocenters. The lowest BCUT2D eigenvalue weighted by Crippen LogP contribution is -2.16. The van der Waals surface area contributed by atoms with Crippen molar-refractivity contribution in [3.05, 3.63) is 29.6 Å². The van der Waals surface area contributed by atoms with E-state index >= 15 is 0 Å². The molecular formula is C9H11NO2. The highest BCUT2D eigenvalue weighted by Gasteiger charge is 2.11. The molecule has 0 aliphatic rings. The average molecular weight is 165 g/mol. The van der Waals surface area contributed by atoms with E-state index in [9.17, 15) is 4.79 Å². The third-order valence-corrected chi connectivity index (χ3v) is 1.54. The van der Waals surface area contributed by atoms with Crippen LogP contribution < -0.4 is 0 Å². The molecule has 1 heterocycles. The predicted octanol–water partition coefficient (Wildman–Crippen LogP) is 0.954. The van der Waals surface area contributed by atoms with E-state index in [1.165, 1.54) is 13.1 Å². The predicted molar refractivity (Wildman–Crippen MR) is 45.0 cm³/mol. The summed E-state index contributed by atoms with van der Waals surface area (Å²) in [5.74, 6) is -0.286. The van der Waals surface area contributed by atoms with Gasteiger partial charge in [-0.2, -0.15) is 0 Å². The lowest BCUT2D eigenvalue weighted by atomic mass is 10.1. The SMILES string of the molecule is Cc1cncc(C(=O)C(C)O)c1. The number of aliphatic hydroxyl groups is 1. The van der Waals surface area contributed by atoms with E-state index in [0.29, 0.717) is 5.56 Å². The van der Waals surface area contributed by atoms with Gasteiger partial charge in [-0.25, -0.2) is 0 Å². The Morgan fingerprint density at radius 2 is 2.25 bits per heavy atom. The number of pyridine rings is 1. The van der Waals surface area contributed by atoms with E-state index in [1.54, 1.807) is 12.3 Å². The summed E-state index contributed by atoms with van der Waals surface area (Å²) in [6.07, 6.45) is 2.18. The number of carbonyl (C=O) groups is 1. The average Bonchev–Trinajstić information content (AvgIpc) is 2.03. The number of carbonyl (C=O) groups excluding carboxylic acids is 1. The summed E-state index contributed by atoms with van der Waals surface area (Å²) >= 11 is 0. The molecule has 0 amide bonds. The first-order valence-corrected chi connectivity index (χ1v) is 3.75. The van der Waals surface area contributed by atoms with E-state index in [-0.39, 0.29) is 5.78 Å². The molecule has 0 radical (unpaired) electrons. The summed E-state index contributed by atoms with van der Waals surface area (Å²) in [5.41, 5.74) is 1.38. The van der Waals surface area contributed by atoms with Gasteiger partial charge >= 0.3 is 0 Å². The van der Waals surface area contributed by atoms with Gasteiger partial charge in [-0.3, -0.25) is 9.78 Å². The van der Waals surface area contributed by atoms with Crippen LogP contribution in [-0.2, 0) is 0 Å². The van der Waals surface area contributed by atoms with Crippen molar-refractivity contribution in [1.82, 2.24) is 4.98 Å². The van der Waals surface area contributed by atoms with Crippen LogP contribution in [0.1, 0.15) is 22.8 Å². The van der Waals surface area contributed by atoms with Crippen LogP contribution >= 0.6 is 0 Å². The van der Waals surface area contributed by atoms with Crippen LogP contribution in [0.15, 0.2) is 18.5 Å². The Bertz CT molecular complexity index is 294. The molecule has 0 aliphatic heterocycles. The first-order valence-electron chi connectivity index (χ1n) is 3.75. The number of rotatable bonds is 2. The summed E-state index contributed by atoms with van der Waals surface area (Å²) in [4.78, 5) is 15.1. The first kappa shape index (κ1) is 8.87. The van der Waals surface area contributed by atoms with Crippen molar-refractivity contribution < 1.29 is 9.90 Å². The van der Waals surface area contributed by atoms with E-state index in [0.717, 1.165) is 5.56 Å². The van der Waals surface area contributed by atoms with Gasteiger partial charge in [-0.05, 0) is 25.5 Å². The van der Waals surface area contributed by atoms with E-state index in [2.05, 4.69) is 4.98 Å². The monoisotopic (exact) mass is 165 g/mol. The molecule has 12 heavy (non-hydrogen) atoms. The van der Waals surface area contributed by atoms with Crippen molar-refractivity contribution in [3.63, 3.8) is 0 Å². The van der Waals surface area contributed by atoms with Gasteiger partial charge in [-0.1, -0.05) is 0 Å². The summed E-state index contributed by atoms with van der Waals surface area (Å²) in [6.45, 7) is 3.30. The van der Waals surface area contributed by atoms with Crippen molar-refractivity contribution in [3.8, 4) is 0 Å². The molecule has 3 heteroatoms. The Balaban J connectivity index is 2.96. The zero-order chi connectivity index (χ0) is 9.14. The zero-order valence-electron chi connectivity index (χ0n) is 7.11. The van der Waals surface area contributed by atoms with Crippen molar-refractivity contribution in [1.29, 1.82) is 0 Å². The molecule has 1 aromatic heterocycles. The van der Waals surface area contributed by atoms with Crippen LogP contribution in [0, 0.1) is 6.92 Å². The molecule has 1 aromatic rings. The fourth-order valence-electron chi connectivity index (χ4n) is 0.931. The lowest BCUT2D eigenvalue weighted by molar-refractivity contribution is 0.0779. The fraction of sp³-hybridized carbons (Fsp3) is 0.333. The van der Waals surface area contributed by atoms with Gasteiger partial charge in [0.05, 0.1) is 0 Å². The second kappa shape index (κ2) is 3.45. The second-order valence-electron chi connectivity index (χ2n) is 2.79. The van der Waals surface area contributed by atoms with Crippen LogP contribution in [0.25, 0.3) is 0 Å². The summed E-state index contributed by atoms with van der Waals surface area (Å²) < 4.78 is 0. The maximum absolute atomic E-state index is 11.2. The zero-order valence-corrected chi connectivity index (χ0v) is 7.11. The molecule has 0 saturated carbocycles. The number of hydrogen-bond acceptors (Lipinski definition) is 3. The highest BCUT2D eigenvalue weighted by molar-refractivity contribution is 5.98. The highest BCUT2D eigenvalue weighted by Crippen LogP contribution is 2.04. The molecule has 1 N–H and O–H groups in total. The topological polar surface area (TPSA) is 50.2 Å². The minimum Gasteiger partial charge on any atom is -0.385 e. The fourth-order valence-corrected chi connectivity index (χ4v) is 0.931. The smallest absolute Gasteiger partial charge is 0.192 e. The molecule has 1 rings (SSSR count). The van der Waals surface area contributed by atoms with Crippen molar-refractivity contribution in [2.45, 2.75) is 20.0 Å². The van der Waals surface area contributed by atoms with Crippen LogP contribution in [0.2, 0.25) is 0 Å². The quantitative estimate of drug-likeness (QED) is 0.664. The summed E-state index contributed by atoms with van der Waals surface area (Å²) in [6, 6.07) is 1.71. The van der Waals surface area contributed by atoms with Gasteiger partial charge in [0, 0.05) is 18.0 Å². The van der Waals surface area contributed by atoms with E-state index in [4.69, 9.17) is 5.11 Å². The molecule has 0 spiro atoms. The van der Waals surface area contributed by atoms with Crippen molar-refractivity contribution >= 4 is 5.78 Å². The standard InChI is InChI=1S/C9H11NO2/c1-6-3-8(5-10-4-6)9(12)7(2)11/h3-5,7,11H,1-2H3. The second-order valence-corrected chi connectivity index (χ2v) is 2.79. The summed E-state index contributed by atoms with van der Waals surface area (Å²) in [7, 11) is 0. The number of Topliss-reactive ketones (excluding diaryl/α,β-unsaturated/α-hetero) is 1. The van der Waals surface area contributed by atoms with Gasteiger partial charge in [-0.15, -0.1) is 0 Å². The third-order valence-electron chi connectivity index (χ3n) is 1.54. The van der Waals surface area contributed by atoms with Crippen LogP contribution in [0.5, 0.6) is 0 Å². The Morgan fingerprint density at radius 1 is 1.58 bits per heavy atom. The number of aromatic nitrogens is 1. The van der Waals surface area contributed by atoms with Gasteiger partial charge in [0.2, 0.25) is 0 Å². The van der Waals surface area contributed by atoms with Crippen LogP contribution in [0.4, 0.5) is 0 Å². The normalized spacial score (nSPS) is 12.6. The minimum absolute atomic E-state index is 0.286. The van der Waals surface area contributed by atoms with Crippen LogP contribution in [0.3, 0.4) is 0 Å². The molecule has 0 bridgehead atoms. The number of nitrogens with zero attached hydrogens (tertiary/aromatic N) is 1. The Morgan fingerprint density at radius 3 is 2.75 bits per heavy atom. The van der Waals surface area contributed by atoms with E-state index < -0.39 is 6.10 Å². The molecule has 0 saturated heterocycles. The number of aryl methyl sites for hydroxylation is 1. The minimum atomic E-state index is -0.950. The van der Waals surface area contributed by atoms with Gasteiger partial charge < -0.3 is 5.11 Å². The van der Waals surface area contributed by atoms with Crippen molar-refractivity contribution in [2.24, 2.45) is 0 Å². The molecule has 3 nitrogen and oxygen atoms in total. The number of hydrogen-bond donors (Lipinski definition) is 1. The lowest BCUT2D eigenvalue weighted by Gasteiger charge is -2.02. The number of aliphatic hydroxyl groups excluding tert-OH is 1. The first-order chi connectivity index (χ1) is 5.61. The summed E-state index contributed by atoms with van der Waals surface area (Å²) in [5, 5.41) is 8.99. The molecule has 0 aromatic carbocycles. The number of ketones is 1. The molecule has 0 fully saturated rings. The maximum atomic E-state index is 11.2. The van der Waals surface area contributed by atoms with Gasteiger partial charge in [0.25, 0.3) is 0 Å². The molecule has 64 valence electrons. The molecule has 1 atom stereocenters. The van der Waals surface area contributed by atoms with Gasteiger partial charge in [0.1, 0.15) is 6.10 Å².